The van der Waals surface area contributed by atoms with E-state index in [1.54, 1.807) is 11.7 Å². The average molecular weight is 262 g/mol. The maximum absolute atomic E-state index is 11.8. The third kappa shape index (κ3) is 2.78. The predicted molar refractivity (Wildman–Crippen MR) is 74.0 cm³/mol. The minimum atomic E-state index is -0.0735. The first-order valence-electron chi connectivity index (χ1n) is 6.22. The molecule has 1 amide bonds. The second-order valence-electron chi connectivity index (χ2n) is 4.26. The number of anilines is 1. The zero-order valence-electron chi connectivity index (χ0n) is 11.1. The number of carbonyl (C=O) groups is 1. The highest BCUT2D eigenvalue weighted by atomic mass is 16.5. The maximum Gasteiger partial charge on any atom is 0.240 e. The molecule has 19 heavy (non-hydrogen) atoms. The van der Waals surface area contributed by atoms with Crippen LogP contribution in [0.15, 0.2) is 18.2 Å². The summed E-state index contributed by atoms with van der Waals surface area (Å²) < 4.78 is 6.86. The summed E-state index contributed by atoms with van der Waals surface area (Å²) in [5.41, 5.74) is 7.40. The van der Waals surface area contributed by atoms with Crippen LogP contribution in [0.3, 0.4) is 0 Å². The van der Waals surface area contributed by atoms with Crippen molar-refractivity contribution in [1.29, 1.82) is 0 Å². The van der Waals surface area contributed by atoms with E-state index < -0.39 is 0 Å². The summed E-state index contributed by atoms with van der Waals surface area (Å²) in [6.07, 6.45) is 0.903. The SMILES string of the molecule is CCCNC(=O)Cn1c(N)nc2ccc(OC)cc21. The molecular formula is C13H18N4O2. The van der Waals surface area contributed by atoms with Gasteiger partial charge in [-0.15, -0.1) is 0 Å². The number of methoxy groups -OCH3 is 1. The highest BCUT2D eigenvalue weighted by Gasteiger charge is 2.12. The summed E-state index contributed by atoms with van der Waals surface area (Å²) in [6, 6.07) is 5.47. The summed E-state index contributed by atoms with van der Waals surface area (Å²) >= 11 is 0. The van der Waals surface area contributed by atoms with Gasteiger partial charge in [-0.3, -0.25) is 4.79 Å². The van der Waals surface area contributed by atoms with E-state index in [-0.39, 0.29) is 12.5 Å². The number of fused-ring (bicyclic) bond motifs is 1. The number of imidazole rings is 1. The van der Waals surface area contributed by atoms with Gasteiger partial charge in [0.2, 0.25) is 11.9 Å². The Morgan fingerprint density at radius 1 is 1.53 bits per heavy atom. The number of nitrogens with one attached hydrogen (secondary N) is 1. The highest BCUT2D eigenvalue weighted by Crippen LogP contribution is 2.22. The van der Waals surface area contributed by atoms with Crippen LogP contribution in [0, 0.1) is 0 Å². The van der Waals surface area contributed by atoms with Gasteiger partial charge < -0.3 is 20.4 Å². The van der Waals surface area contributed by atoms with Crippen molar-refractivity contribution in [2.45, 2.75) is 19.9 Å². The molecule has 0 saturated heterocycles. The molecule has 0 fully saturated rings. The van der Waals surface area contributed by atoms with E-state index >= 15 is 0 Å². The number of nitrogen functional groups attached to an aromatic ring is 1. The monoisotopic (exact) mass is 262 g/mol. The first kappa shape index (κ1) is 13.2. The molecule has 6 nitrogen and oxygen atoms in total. The van der Waals surface area contributed by atoms with Crippen molar-refractivity contribution in [2.24, 2.45) is 0 Å². The lowest BCUT2D eigenvalue weighted by molar-refractivity contribution is -0.121. The largest absolute Gasteiger partial charge is 0.497 e. The molecule has 1 aromatic carbocycles. The smallest absolute Gasteiger partial charge is 0.240 e. The van der Waals surface area contributed by atoms with Crippen LogP contribution in [-0.4, -0.2) is 29.1 Å². The van der Waals surface area contributed by atoms with Crippen LogP contribution < -0.4 is 15.8 Å². The molecule has 0 radical (unpaired) electrons. The summed E-state index contributed by atoms with van der Waals surface area (Å²) in [5, 5.41) is 2.82. The number of nitrogens with two attached hydrogens (primary N) is 1. The topological polar surface area (TPSA) is 82.2 Å². The molecule has 1 aromatic heterocycles. The number of hydrogen-bond donors (Lipinski definition) is 2. The lowest BCUT2D eigenvalue weighted by atomic mass is 10.3. The zero-order chi connectivity index (χ0) is 13.8. The van der Waals surface area contributed by atoms with Crippen LogP contribution in [0.4, 0.5) is 5.95 Å². The fourth-order valence-corrected chi connectivity index (χ4v) is 1.88. The van der Waals surface area contributed by atoms with Gasteiger partial charge in [-0.2, -0.15) is 0 Å². The van der Waals surface area contributed by atoms with E-state index in [1.807, 2.05) is 25.1 Å². The third-order valence-electron chi connectivity index (χ3n) is 2.86. The average Bonchev–Trinajstić information content (AvgIpc) is 2.72. The Morgan fingerprint density at radius 3 is 3.00 bits per heavy atom. The van der Waals surface area contributed by atoms with E-state index in [4.69, 9.17) is 10.5 Å². The minimum absolute atomic E-state index is 0.0735. The number of ether oxygens (including phenoxy) is 1. The Labute approximate surface area is 111 Å². The van der Waals surface area contributed by atoms with Crippen molar-refractivity contribution < 1.29 is 9.53 Å². The summed E-state index contributed by atoms with van der Waals surface area (Å²) in [5.74, 6) is 0.966. The number of amides is 1. The van der Waals surface area contributed by atoms with Crippen LogP contribution >= 0.6 is 0 Å². The van der Waals surface area contributed by atoms with Gasteiger partial charge in [-0.05, 0) is 18.6 Å². The van der Waals surface area contributed by atoms with Gasteiger partial charge in [-0.1, -0.05) is 6.92 Å². The fraction of sp³-hybridized carbons (Fsp3) is 0.385. The highest BCUT2D eigenvalue weighted by molar-refractivity contribution is 5.83. The van der Waals surface area contributed by atoms with Crippen LogP contribution in [0.25, 0.3) is 11.0 Å². The van der Waals surface area contributed by atoms with Gasteiger partial charge in [0.25, 0.3) is 0 Å². The summed E-state index contributed by atoms with van der Waals surface area (Å²) in [7, 11) is 1.60. The molecule has 2 rings (SSSR count). The second-order valence-corrected chi connectivity index (χ2v) is 4.26. The molecule has 0 atom stereocenters. The van der Waals surface area contributed by atoms with E-state index in [0.29, 0.717) is 18.2 Å². The van der Waals surface area contributed by atoms with E-state index in [9.17, 15) is 4.79 Å². The Hall–Kier alpha value is -2.24. The van der Waals surface area contributed by atoms with Crippen LogP contribution in [0.1, 0.15) is 13.3 Å². The predicted octanol–water partition coefficient (Wildman–Crippen LogP) is 1.15. The van der Waals surface area contributed by atoms with Gasteiger partial charge in [0.05, 0.1) is 18.1 Å². The molecule has 0 aliphatic heterocycles. The number of aromatic nitrogens is 2. The first-order chi connectivity index (χ1) is 9.15. The Morgan fingerprint density at radius 2 is 2.32 bits per heavy atom. The third-order valence-corrected chi connectivity index (χ3v) is 2.86. The van der Waals surface area contributed by atoms with Crippen LogP contribution in [-0.2, 0) is 11.3 Å². The second kappa shape index (κ2) is 5.60. The summed E-state index contributed by atoms with van der Waals surface area (Å²) in [6.45, 7) is 2.83. The normalized spacial score (nSPS) is 10.6. The quantitative estimate of drug-likeness (QED) is 0.847. The lowest BCUT2D eigenvalue weighted by Gasteiger charge is -2.07. The molecule has 2 aromatic rings. The fourth-order valence-electron chi connectivity index (χ4n) is 1.88. The zero-order valence-corrected chi connectivity index (χ0v) is 11.1. The van der Waals surface area contributed by atoms with Gasteiger partial charge >= 0.3 is 0 Å². The molecule has 0 unspecified atom stereocenters. The molecule has 3 N–H and O–H groups in total. The summed E-state index contributed by atoms with van der Waals surface area (Å²) in [4.78, 5) is 16.0. The van der Waals surface area contributed by atoms with Gasteiger partial charge in [0.1, 0.15) is 12.3 Å². The van der Waals surface area contributed by atoms with Crippen molar-refractivity contribution >= 4 is 22.9 Å². The number of carbonyl (C=O) groups excluding carboxylic acids is 1. The molecular weight excluding hydrogens is 244 g/mol. The van der Waals surface area contributed by atoms with Gasteiger partial charge in [-0.25, -0.2) is 4.98 Å². The Balaban J connectivity index is 2.30. The molecule has 0 bridgehead atoms. The van der Waals surface area contributed by atoms with E-state index in [2.05, 4.69) is 10.3 Å². The number of hydrogen-bond acceptors (Lipinski definition) is 4. The van der Waals surface area contributed by atoms with Crippen molar-refractivity contribution in [1.82, 2.24) is 14.9 Å². The molecule has 1 heterocycles. The standard InChI is InChI=1S/C13H18N4O2/c1-3-6-15-12(18)8-17-11-7-9(19-2)4-5-10(11)16-13(17)14/h4-5,7H,3,6,8H2,1-2H3,(H2,14,16)(H,15,18). The van der Waals surface area contributed by atoms with Crippen LogP contribution in [0.5, 0.6) is 5.75 Å². The first-order valence-corrected chi connectivity index (χ1v) is 6.22. The van der Waals surface area contributed by atoms with Gasteiger partial charge in [0, 0.05) is 12.6 Å². The molecule has 0 aliphatic carbocycles. The van der Waals surface area contributed by atoms with Crippen molar-refractivity contribution in [3.05, 3.63) is 18.2 Å². The van der Waals surface area contributed by atoms with E-state index in [1.165, 1.54) is 0 Å². The van der Waals surface area contributed by atoms with Crippen molar-refractivity contribution in [3.8, 4) is 5.75 Å². The molecule has 0 aliphatic rings. The molecule has 0 spiro atoms. The molecule has 102 valence electrons. The van der Waals surface area contributed by atoms with Crippen molar-refractivity contribution in [3.63, 3.8) is 0 Å². The minimum Gasteiger partial charge on any atom is -0.497 e. The number of rotatable bonds is 5. The number of nitrogens with zero attached hydrogens (tertiary/aromatic N) is 2. The Bertz CT molecular complexity index is 592. The molecule has 6 heteroatoms. The molecule has 0 saturated carbocycles. The number of benzene rings is 1. The van der Waals surface area contributed by atoms with Crippen molar-refractivity contribution in [2.75, 3.05) is 19.4 Å². The Kier molecular flexibility index (Phi) is 3.89. The van der Waals surface area contributed by atoms with Crippen LogP contribution in [0.2, 0.25) is 0 Å². The lowest BCUT2D eigenvalue weighted by Crippen LogP contribution is -2.28. The van der Waals surface area contributed by atoms with E-state index in [0.717, 1.165) is 17.5 Å². The maximum atomic E-state index is 11.8. The van der Waals surface area contributed by atoms with Gasteiger partial charge in [0.15, 0.2) is 0 Å².